The summed E-state index contributed by atoms with van der Waals surface area (Å²) in [6.07, 6.45) is 8.85. The molecule has 2 aromatic carbocycles. The Balaban J connectivity index is 0.000000347. The third-order valence-electron chi connectivity index (χ3n) is 5.14. The van der Waals surface area contributed by atoms with Crippen LogP contribution in [-0.4, -0.2) is 36.7 Å². The smallest absolute Gasteiger partial charge is 0.336 e. The number of amides is 1. The van der Waals surface area contributed by atoms with Gasteiger partial charge in [0, 0.05) is 10.7 Å². The molecule has 1 radical (unpaired) electrons. The number of unbranched alkanes of at least 4 members (excludes halogenated alkanes) is 3. The van der Waals surface area contributed by atoms with Gasteiger partial charge in [-0.1, -0.05) is 29.8 Å². The van der Waals surface area contributed by atoms with Crippen LogP contribution in [0.2, 0.25) is 18.3 Å². The van der Waals surface area contributed by atoms with Crippen LogP contribution in [0.5, 0.6) is 0 Å². The predicted octanol–water partition coefficient (Wildman–Crippen LogP) is 8.17. The van der Waals surface area contributed by atoms with Gasteiger partial charge in [0.05, 0.1) is 11.1 Å². The molecule has 2 N–H and O–H groups in total. The van der Waals surface area contributed by atoms with Gasteiger partial charge in [-0.15, -0.1) is 0 Å². The molecule has 0 heterocycles. The summed E-state index contributed by atoms with van der Waals surface area (Å²) >= 11 is 4.97. The van der Waals surface area contributed by atoms with Crippen molar-refractivity contribution in [3.8, 4) is 0 Å². The molecule has 175 valence electrons. The van der Waals surface area contributed by atoms with Gasteiger partial charge in [-0.05, 0) is 30.3 Å². The first-order chi connectivity index (χ1) is 15.4. The maximum atomic E-state index is 12.0. The van der Waals surface area contributed by atoms with Gasteiger partial charge < -0.3 is 10.4 Å². The fourth-order valence-electron chi connectivity index (χ4n) is 3.29. The summed E-state index contributed by atoms with van der Waals surface area (Å²) < 4.78 is 5.04. The Bertz CT molecular complexity index is 809. The molecule has 0 aliphatic carbocycles. The summed E-state index contributed by atoms with van der Waals surface area (Å²) in [6.45, 7) is 7.00. The molecule has 2 aromatic rings. The maximum absolute atomic E-state index is 12.0. The molecule has 6 heteroatoms. The van der Waals surface area contributed by atoms with Crippen LogP contribution in [-0.2, 0) is 0 Å². The van der Waals surface area contributed by atoms with Crippen LogP contribution in [0.3, 0.4) is 0 Å². The van der Waals surface area contributed by atoms with Gasteiger partial charge in [0.1, 0.15) is 0 Å². The second-order valence-corrected chi connectivity index (χ2v) is 16.9. The van der Waals surface area contributed by atoms with Crippen molar-refractivity contribution in [1.82, 2.24) is 0 Å². The van der Waals surface area contributed by atoms with Crippen LogP contribution in [0.15, 0.2) is 48.5 Å². The van der Waals surface area contributed by atoms with Crippen LogP contribution in [0.1, 0.15) is 80.0 Å². The molecule has 4 nitrogen and oxygen atoms in total. The van der Waals surface area contributed by atoms with Crippen molar-refractivity contribution < 1.29 is 14.7 Å². The number of rotatable bonds is 12. The van der Waals surface area contributed by atoms with Crippen molar-refractivity contribution in [3.05, 3.63) is 64.7 Å². The average molecular weight is 566 g/mol. The average Bonchev–Trinajstić information content (AvgIpc) is 2.79. The number of hydrogen-bond donors (Lipinski definition) is 2. The molecule has 0 unspecified atom stereocenters. The standard InChI is InChI=1S/C14H10ClNO3.3C4H9.Sn/c15-9-4-3-5-10(8-9)16-13(17)11-6-1-2-7-12(11)14(18)19;3*1-3-4-2;/h1-8H,(H,16,17)(H,18,19);3*1,3-4H2,2H3;. The van der Waals surface area contributed by atoms with Crippen LogP contribution in [0.25, 0.3) is 0 Å². The number of aromatic carboxylic acids is 1. The van der Waals surface area contributed by atoms with E-state index in [1.54, 1.807) is 49.7 Å². The zero-order valence-electron chi connectivity index (χ0n) is 19.6. The minimum Gasteiger partial charge on any atom is -0.478 e. The molecule has 0 aliphatic heterocycles. The zero-order valence-corrected chi connectivity index (χ0v) is 23.2. The first-order valence-corrected chi connectivity index (χ1v) is 18.1. The maximum Gasteiger partial charge on any atom is 0.336 e. The number of halogens is 1. The molecule has 0 spiro atoms. The van der Waals surface area contributed by atoms with Crippen LogP contribution >= 0.6 is 11.6 Å². The molecule has 2 rings (SSSR count). The summed E-state index contributed by atoms with van der Waals surface area (Å²) in [5.74, 6) is -1.63. The van der Waals surface area contributed by atoms with Gasteiger partial charge in [0.15, 0.2) is 0 Å². The summed E-state index contributed by atoms with van der Waals surface area (Å²) in [7, 11) is 0. The topological polar surface area (TPSA) is 66.4 Å². The normalized spacial score (nSPS) is 10.4. The fraction of sp³-hybridized carbons (Fsp3) is 0.462. The van der Waals surface area contributed by atoms with Gasteiger partial charge >= 0.3 is 98.3 Å². The van der Waals surface area contributed by atoms with E-state index >= 15 is 0 Å². The third kappa shape index (κ3) is 11.4. The predicted molar refractivity (Wildman–Crippen MR) is 138 cm³/mol. The monoisotopic (exact) mass is 566 g/mol. The first-order valence-electron chi connectivity index (χ1n) is 11.7. The van der Waals surface area contributed by atoms with Gasteiger partial charge in [-0.2, -0.15) is 0 Å². The van der Waals surface area contributed by atoms with Crippen LogP contribution in [0.4, 0.5) is 5.69 Å². The van der Waals surface area contributed by atoms with E-state index in [-0.39, 0.29) is 11.1 Å². The number of benzene rings is 2. The van der Waals surface area contributed by atoms with Crippen molar-refractivity contribution >= 4 is 48.9 Å². The number of carboxylic acids is 1. The summed E-state index contributed by atoms with van der Waals surface area (Å²) in [6, 6.07) is 12.7. The number of carbonyl (C=O) groups excluding carboxylic acids is 1. The van der Waals surface area contributed by atoms with Gasteiger partial charge in [0.2, 0.25) is 0 Å². The minimum atomic E-state index is -1.14. The molecule has 32 heavy (non-hydrogen) atoms. The Morgan fingerprint density at radius 2 is 1.38 bits per heavy atom. The molecular weight excluding hydrogens is 528 g/mol. The Kier molecular flexibility index (Phi) is 15.2. The van der Waals surface area contributed by atoms with Gasteiger partial charge in [-0.25, -0.2) is 4.79 Å². The number of nitrogens with one attached hydrogen (secondary N) is 1. The number of carbonyl (C=O) groups is 2. The van der Waals surface area contributed by atoms with Crippen molar-refractivity contribution in [3.63, 3.8) is 0 Å². The van der Waals surface area contributed by atoms with Gasteiger partial charge in [0.25, 0.3) is 5.91 Å². The Labute approximate surface area is 205 Å². The molecule has 1 amide bonds. The van der Waals surface area contributed by atoms with Crippen molar-refractivity contribution in [1.29, 1.82) is 0 Å². The molecule has 0 aliphatic rings. The van der Waals surface area contributed by atoms with E-state index < -0.39 is 31.6 Å². The first kappa shape index (κ1) is 28.5. The van der Waals surface area contributed by atoms with E-state index in [2.05, 4.69) is 26.1 Å². The van der Waals surface area contributed by atoms with E-state index in [4.69, 9.17) is 16.7 Å². The van der Waals surface area contributed by atoms with E-state index in [9.17, 15) is 9.59 Å². The van der Waals surface area contributed by atoms with E-state index in [1.807, 2.05) is 0 Å². The molecule has 0 bridgehead atoms. The zero-order chi connectivity index (χ0) is 23.8. The van der Waals surface area contributed by atoms with E-state index in [1.165, 1.54) is 50.7 Å². The van der Waals surface area contributed by atoms with Gasteiger partial charge in [-0.3, -0.25) is 4.79 Å². The number of hydrogen-bond acceptors (Lipinski definition) is 2. The van der Waals surface area contributed by atoms with Crippen molar-refractivity contribution in [2.75, 3.05) is 5.32 Å². The molecule has 0 saturated heterocycles. The fourth-order valence-corrected chi connectivity index (χ4v) is 12.9. The van der Waals surface area contributed by atoms with Crippen LogP contribution < -0.4 is 5.32 Å². The molecule has 0 atom stereocenters. The molecular formula is C26H37ClNO3Sn. The minimum absolute atomic E-state index is 0.0398. The quantitative estimate of drug-likeness (QED) is 0.255. The molecule has 0 fully saturated rings. The second kappa shape index (κ2) is 17.0. The van der Waals surface area contributed by atoms with Crippen molar-refractivity contribution in [2.45, 2.75) is 72.6 Å². The van der Waals surface area contributed by atoms with E-state index in [0.29, 0.717) is 10.7 Å². The number of carboxylic acid groups (broad SMARTS) is 1. The van der Waals surface area contributed by atoms with Crippen LogP contribution in [0, 0.1) is 0 Å². The SMILES string of the molecule is CCC[CH2][Sn]([CH2]CCC)[CH2]CCC.O=C(O)c1ccccc1C(=O)Nc1cccc(Cl)c1. The molecule has 0 aromatic heterocycles. The third-order valence-corrected chi connectivity index (χ3v) is 14.5. The Morgan fingerprint density at radius 1 is 0.844 bits per heavy atom. The summed E-state index contributed by atoms with van der Waals surface area (Å²) in [4.78, 5) is 23.1. The number of anilines is 1. The van der Waals surface area contributed by atoms with E-state index in [0.717, 1.165) is 0 Å². The Morgan fingerprint density at radius 3 is 1.84 bits per heavy atom. The second-order valence-electron chi connectivity index (χ2n) is 7.88. The molecule has 0 saturated carbocycles. The Hall–Kier alpha value is -1.53. The largest absolute Gasteiger partial charge is 0.478 e. The van der Waals surface area contributed by atoms with Crippen molar-refractivity contribution in [2.24, 2.45) is 0 Å². The summed E-state index contributed by atoms with van der Waals surface area (Å²) in [5.41, 5.74) is 0.578. The summed E-state index contributed by atoms with van der Waals surface area (Å²) in [5, 5.41) is 12.1.